The summed E-state index contributed by atoms with van der Waals surface area (Å²) in [4.78, 5) is 44.1. The van der Waals surface area contributed by atoms with Gasteiger partial charge in [-0.1, -0.05) is 0 Å². The average molecular weight is 403 g/mol. The van der Waals surface area contributed by atoms with Gasteiger partial charge in [0, 0.05) is 5.38 Å². The molecule has 1 atom stereocenters. The number of thiazole rings is 1. The molecule has 0 saturated heterocycles. The Hall–Kier alpha value is -3.27. The fourth-order valence-corrected chi connectivity index (χ4v) is 2.99. The molecule has 1 amide bonds. The summed E-state index contributed by atoms with van der Waals surface area (Å²) in [5.41, 5.74) is 1.81. The van der Waals surface area contributed by atoms with Crippen molar-refractivity contribution in [2.75, 3.05) is 11.9 Å². The first-order chi connectivity index (χ1) is 13.5. The number of esters is 2. The number of rotatable bonds is 7. The van der Waals surface area contributed by atoms with Gasteiger partial charge in [0.05, 0.1) is 24.3 Å². The van der Waals surface area contributed by atoms with Gasteiger partial charge >= 0.3 is 11.9 Å². The molecule has 0 aliphatic heterocycles. The Bertz CT molecular complexity index is 1010. The number of nitrogens with zero attached hydrogens (tertiary/aromatic N) is 2. The first-order valence-corrected chi connectivity index (χ1v) is 9.29. The van der Waals surface area contributed by atoms with Gasteiger partial charge in [-0.3, -0.25) is 14.9 Å². The van der Waals surface area contributed by atoms with E-state index >= 15 is 0 Å². The van der Waals surface area contributed by atoms with E-state index in [0.29, 0.717) is 28.5 Å². The van der Waals surface area contributed by atoms with E-state index in [4.69, 9.17) is 13.9 Å². The van der Waals surface area contributed by atoms with Gasteiger partial charge in [-0.05, 0) is 32.0 Å². The van der Waals surface area contributed by atoms with Gasteiger partial charge < -0.3 is 13.9 Å². The van der Waals surface area contributed by atoms with Crippen molar-refractivity contribution in [1.82, 2.24) is 9.97 Å². The van der Waals surface area contributed by atoms with Crippen molar-refractivity contribution in [3.8, 4) is 0 Å². The average Bonchev–Trinajstić information content (AvgIpc) is 3.30. The number of hydrogen-bond acceptors (Lipinski definition) is 9. The van der Waals surface area contributed by atoms with Crippen molar-refractivity contribution in [3.63, 3.8) is 0 Å². The molecule has 1 unspecified atom stereocenters. The summed E-state index contributed by atoms with van der Waals surface area (Å²) in [7, 11) is 0. The minimum atomic E-state index is -1.04. The molecule has 2 aromatic heterocycles. The molecular weight excluding hydrogens is 386 g/mol. The Morgan fingerprint density at radius 3 is 2.93 bits per heavy atom. The molecule has 28 heavy (non-hydrogen) atoms. The van der Waals surface area contributed by atoms with Crippen LogP contribution in [0.3, 0.4) is 0 Å². The molecular formula is C18H17N3O6S. The van der Waals surface area contributed by atoms with Crippen LogP contribution in [0.25, 0.3) is 11.1 Å². The predicted molar refractivity (Wildman–Crippen MR) is 100.0 cm³/mol. The molecule has 0 fully saturated rings. The van der Waals surface area contributed by atoms with E-state index in [1.165, 1.54) is 25.5 Å². The Kier molecular flexibility index (Phi) is 5.99. The number of amides is 1. The maximum Gasteiger partial charge on any atom is 0.338 e. The second-order valence-electron chi connectivity index (χ2n) is 5.70. The van der Waals surface area contributed by atoms with Crippen molar-refractivity contribution in [3.05, 3.63) is 41.2 Å². The van der Waals surface area contributed by atoms with Crippen molar-refractivity contribution in [2.45, 2.75) is 26.4 Å². The van der Waals surface area contributed by atoms with Gasteiger partial charge in [-0.15, -0.1) is 11.3 Å². The molecule has 0 saturated carbocycles. The van der Waals surface area contributed by atoms with Gasteiger partial charge in [0.2, 0.25) is 0 Å². The maximum atomic E-state index is 12.2. The molecule has 9 nitrogen and oxygen atoms in total. The SMILES string of the molecule is CCOC(=O)Cc1csc(NC(=O)C(C)OC(=O)c2ccc3ocnc3c2)n1. The Morgan fingerprint density at radius 1 is 1.32 bits per heavy atom. The summed E-state index contributed by atoms with van der Waals surface area (Å²) in [6, 6.07) is 4.65. The highest BCUT2D eigenvalue weighted by Crippen LogP contribution is 2.18. The van der Waals surface area contributed by atoms with Crippen LogP contribution in [0.2, 0.25) is 0 Å². The lowest BCUT2D eigenvalue weighted by Gasteiger charge is -2.12. The van der Waals surface area contributed by atoms with Crippen LogP contribution in [0.15, 0.2) is 34.4 Å². The Morgan fingerprint density at radius 2 is 2.14 bits per heavy atom. The zero-order valence-electron chi connectivity index (χ0n) is 15.1. The molecule has 1 N–H and O–H groups in total. The van der Waals surface area contributed by atoms with Crippen LogP contribution in [-0.2, 0) is 25.5 Å². The number of ether oxygens (including phenoxy) is 2. The second-order valence-corrected chi connectivity index (χ2v) is 6.56. The summed E-state index contributed by atoms with van der Waals surface area (Å²) < 4.78 is 15.2. The fourth-order valence-electron chi connectivity index (χ4n) is 2.28. The van der Waals surface area contributed by atoms with Crippen LogP contribution in [-0.4, -0.2) is 40.5 Å². The summed E-state index contributed by atoms with van der Waals surface area (Å²) in [6.07, 6.45) is 0.257. The van der Waals surface area contributed by atoms with Gasteiger partial charge in [-0.25, -0.2) is 14.8 Å². The van der Waals surface area contributed by atoms with Crippen LogP contribution in [0, 0.1) is 0 Å². The lowest BCUT2D eigenvalue weighted by Crippen LogP contribution is -2.30. The van der Waals surface area contributed by atoms with E-state index in [1.54, 1.807) is 18.4 Å². The monoisotopic (exact) mass is 403 g/mol. The van der Waals surface area contributed by atoms with E-state index < -0.39 is 23.9 Å². The largest absolute Gasteiger partial charge is 0.466 e. The minimum absolute atomic E-state index is 0.0231. The number of fused-ring (bicyclic) bond motifs is 1. The van der Waals surface area contributed by atoms with E-state index in [0.717, 1.165) is 11.3 Å². The van der Waals surface area contributed by atoms with E-state index in [9.17, 15) is 14.4 Å². The third-order valence-electron chi connectivity index (χ3n) is 3.63. The quantitative estimate of drug-likeness (QED) is 0.598. The summed E-state index contributed by atoms with van der Waals surface area (Å²) in [6.45, 7) is 3.46. The third kappa shape index (κ3) is 4.71. The number of anilines is 1. The summed E-state index contributed by atoms with van der Waals surface area (Å²) in [5, 5.41) is 4.51. The number of aromatic nitrogens is 2. The number of benzene rings is 1. The normalized spacial score (nSPS) is 11.8. The van der Waals surface area contributed by atoms with Crippen molar-refractivity contribution in [2.24, 2.45) is 0 Å². The molecule has 1 aromatic carbocycles. The molecule has 0 aliphatic rings. The number of hydrogen-bond donors (Lipinski definition) is 1. The zero-order chi connectivity index (χ0) is 20.1. The van der Waals surface area contributed by atoms with Gasteiger partial charge in [-0.2, -0.15) is 0 Å². The van der Waals surface area contributed by atoms with Crippen LogP contribution in [0.1, 0.15) is 29.9 Å². The highest BCUT2D eigenvalue weighted by molar-refractivity contribution is 7.13. The molecule has 0 bridgehead atoms. The van der Waals surface area contributed by atoms with Gasteiger partial charge in [0.1, 0.15) is 5.52 Å². The van der Waals surface area contributed by atoms with Gasteiger partial charge in [0.25, 0.3) is 5.91 Å². The Balaban J connectivity index is 1.56. The zero-order valence-corrected chi connectivity index (χ0v) is 15.9. The lowest BCUT2D eigenvalue weighted by atomic mass is 10.2. The molecule has 3 aromatic rings. The number of carbonyl (C=O) groups excluding carboxylic acids is 3. The van der Waals surface area contributed by atoms with Crippen LogP contribution in [0.4, 0.5) is 5.13 Å². The molecule has 146 valence electrons. The van der Waals surface area contributed by atoms with Crippen molar-refractivity contribution in [1.29, 1.82) is 0 Å². The predicted octanol–water partition coefficient (Wildman–Crippen LogP) is 2.57. The Labute approximate surface area is 163 Å². The highest BCUT2D eigenvalue weighted by Gasteiger charge is 2.21. The van der Waals surface area contributed by atoms with Crippen molar-refractivity contribution >= 4 is 45.4 Å². The minimum Gasteiger partial charge on any atom is -0.466 e. The standard InChI is InChI=1S/C18H17N3O6S/c1-3-25-15(22)7-12-8-28-18(20-12)21-16(23)10(2)27-17(24)11-4-5-14-13(6-11)19-9-26-14/h4-6,8-10H,3,7H2,1-2H3,(H,20,21,23). The van der Waals surface area contributed by atoms with E-state index in [2.05, 4.69) is 15.3 Å². The van der Waals surface area contributed by atoms with E-state index in [1.807, 2.05) is 0 Å². The third-order valence-corrected chi connectivity index (χ3v) is 4.44. The molecule has 0 spiro atoms. The molecule has 3 rings (SSSR count). The maximum absolute atomic E-state index is 12.2. The summed E-state index contributed by atoms with van der Waals surface area (Å²) in [5.74, 6) is -1.58. The van der Waals surface area contributed by atoms with Crippen LogP contribution >= 0.6 is 11.3 Å². The molecule has 10 heteroatoms. The van der Waals surface area contributed by atoms with Crippen LogP contribution in [0.5, 0.6) is 0 Å². The van der Waals surface area contributed by atoms with Crippen molar-refractivity contribution < 1.29 is 28.3 Å². The number of carbonyl (C=O) groups is 3. The number of nitrogens with one attached hydrogen (secondary N) is 1. The smallest absolute Gasteiger partial charge is 0.338 e. The molecule has 0 aliphatic carbocycles. The summed E-state index contributed by atoms with van der Waals surface area (Å²) >= 11 is 1.16. The fraction of sp³-hybridized carbons (Fsp3) is 0.278. The highest BCUT2D eigenvalue weighted by atomic mass is 32.1. The van der Waals surface area contributed by atoms with E-state index in [-0.39, 0.29) is 12.0 Å². The first kappa shape index (κ1) is 19.5. The molecule has 0 radical (unpaired) electrons. The lowest BCUT2D eigenvalue weighted by molar-refractivity contribution is -0.142. The van der Waals surface area contributed by atoms with Crippen LogP contribution < -0.4 is 5.32 Å². The van der Waals surface area contributed by atoms with Gasteiger partial charge in [0.15, 0.2) is 23.2 Å². The first-order valence-electron chi connectivity index (χ1n) is 8.41. The number of oxazole rings is 1. The topological polar surface area (TPSA) is 121 Å². The second kappa shape index (κ2) is 8.61. The molecule has 2 heterocycles.